The average Bonchev–Trinajstić information content (AvgIpc) is 2.79. The van der Waals surface area contributed by atoms with Crippen LogP contribution >= 0.6 is 0 Å². The SMILES string of the molecule is COc1ccc(CCNC(=O)NC(=O)c2ccc(C(=O)c3ccccc3C)cc2)cc1. The number of ether oxygens (including phenoxy) is 1. The number of carbonyl (C=O) groups is 3. The van der Waals surface area contributed by atoms with E-state index in [1.54, 1.807) is 25.3 Å². The van der Waals surface area contributed by atoms with Crippen molar-refractivity contribution in [1.29, 1.82) is 0 Å². The second-order valence-electron chi connectivity index (χ2n) is 7.03. The van der Waals surface area contributed by atoms with Crippen LogP contribution in [0.15, 0.2) is 72.8 Å². The zero-order valence-electron chi connectivity index (χ0n) is 17.5. The fourth-order valence-corrected chi connectivity index (χ4v) is 3.09. The van der Waals surface area contributed by atoms with E-state index in [0.29, 0.717) is 29.7 Å². The van der Waals surface area contributed by atoms with E-state index in [4.69, 9.17) is 4.74 Å². The lowest BCUT2D eigenvalue weighted by atomic mass is 9.98. The molecule has 0 fully saturated rings. The Kier molecular flexibility index (Phi) is 7.17. The third-order valence-electron chi connectivity index (χ3n) is 4.88. The van der Waals surface area contributed by atoms with Crippen LogP contribution in [-0.2, 0) is 6.42 Å². The van der Waals surface area contributed by atoms with Crippen molar-refractivity contribution in [2.45, 2.75) is 13.3 Å². The Morgan fingerprint density at radius 1 is 0.839 bits per heavy atom. The fourth-order valence-electron chi connectivity index (χ4n) is 3.09. The minimum atomic E-state index is -0.571. The maximum atomic E-state index is 12.6. The molecule has 0 unspecified atom stereocenters. The number of hydrogen-bond donors (Lipinski definition) is 2. The highest BCUT2D eigenvalue weighted by Crippen LogP contribution is 2.15. The van der Waals surface area contributed by atoms with Crippen LogP contribution in [-0.4, -0.2) is 31.4 Å². The van der Waals surface area contributed by atoms with Crippen LogP contribution in [0.2, 0.25) is 0 Å². The molecule has 0 atom stereocenters. The van der Waals surface area contributed by atoms with Crippen molar-refractivity contribution in [1.82, 2.24) is 10.6 Å². The van der Waals surface area contributed by atoms with Crippen molar-refractivity contribution in [2.75, 3.05) is 13.7 Å². The highest BCUT2D eigenvalue weighted by molar-refractivity contribution is 6.10. The van der Waals surface area contributed by atoms with Gasteiger partial charge in [0.2, 0.25) is 0 Å². The molecule has 158 valence electrons. The van der Waals surface area contributed by atoms with Gasteiger partial charge in [-0.3, -0.25) is 14.9 Å². The molecule has 0 aliphatic rings. The van der Waals surface area contributed by atoms with Gasteiger partial charge in [-0.25, -0.2) is 4.79 Å². The lowest BCUT2D eigenvalue weighted by Gasteiger charge is -2.08. The summed E-state index contributed by atoms with van der Waals surface area (Å²) in [5.41, 5.74) is 3.33. The Morgan fingerprint density at radius 2 is 1.48 bits per heavy atom. The smallest absolute Gasteiger partial charge is 0.321 e. The second-order valence-corrected chi connectivity index (χ2v) is 7.03. The van der Waals surface area contributed by atoms with Gasteiger partial charge in [-0.2, -0.15) is 0 Å². The molecular formula is C25H24N2O4. The first-order valence-electron chi connectivity index (χ1n) is 9.90. The quantitative estimate of drug-likeness (QED) is 0.572. The van der Waals surface area contributed by atoms with Gasteiger partial charge in [0.25, 0.3) is 5.91 Å². The predicted molar refractivity (Wildman–Crippen MR) is 119 cm³/mol. The van der Waals surface area contributed by atoms with E-state index in [9.17, 15) is 14.4 Å². The third kappa shape index (κ3) is 5.79. The number of benzene rings is 3. The summed E-state index contributed by atoms with van der Waals surface area (Å²) in [6, 6.07) is 20.6. The summed E-state index contributed by atoms with van der Waals surface area (Å²) in [7, 11) is 1.60. The number of amides is 3. The molecule has 0 bridgehead atoms. The topological polar surface area (TPSA) is 84.5 Å². The minimum absolute atomic E-state index is 0.110. The molecule has 0 aromatic heterocycles. The van der Waals surface area contributed by atoms with Crippen molar-refractivity contribution in [3.05, 3.63) is 101 Å². The van der Waals surface area contributed by atoms with Crippen LogP contribution in [0.25, 0.3) is 0 Å². The summed E-state index contributed by atoms with van der Waals surface area (Å²) in [5.74, 6) is 0.129. The zero-order valence-corrected chi connectivity index (χ0v) is 17.5. The molecule has 0 aliphatic heterocycles. The molecule has 3 rings (SSSR count). The number of methoxy groups -OCH3 is 1. The summed E-state index contributed by atoms with van der Waals surface area (Å²) in [6.45, 7) is 2.26. The summed E-state index contributed by atoms with van der Waals surface area (Å²) in [4.78, 5) is 36.9. The van der Waals surface area contributed by atoms with Crippen LogP contribution in [0.3, 0.4) is 0 Å². The van der Waals surface area contributed by atoms with Gasteiger partial charge in [0, 0.05) is 23.2 Å². The Bertz CT molecular complexity index is 1070. The van der Waals surface area contributed by atoms with Crippen LogP contribution in [0, 0.1) is 6.92 Å². The maximum absolute atomic E-state index is 12.6. The summed E-state index contributed by atoms with van der Waals surface area (Å²) in [5, 5.41) is 4.96. The van der Waals surface area contributed by atoms with Crippen LogP contribution in [0.4, 0.5) is 4.79 Å². The zero-order chi connectivity index (χ0) is 22.2. The van der Waals surface area contributed by atoms with Gasteiger partial charge in [-0.1, -0.05) is 48.5 Å². The van der Waals surface area contributed by atoms with Gasteiger partial charge in [-0.05, 0) is 48.7 Å². The molecule has 0 spiro atoms. The molecule has 6 nitrogen and oxygen atoms in total. The molecule has 0 aliphatic carbocycles. The van der Waals surface area contributed by atoms with Crippen molar-refractivity contribution in [3.8, 4) is 5.75 Å². The van der Waals surface area contributed by atoms with Gasteiger partial charge in [0.05, 0.1) is 7.11 Å². The van der Waals surface area contributed by atoms with Crippen LogP contribution in [0.1, 0.15) is 37.4 Å². The first kappa shape index (κ1) is 21.8. The Morgan fingerprint density at radius 3 is 2.13 bits per heavy atom. The molecule has 31 heavy (non-hydrogen) atoms. The first-order valence-corrected chi connectivity index (χ1v) is 9.90. The van der Waals surface area contributed by atoms with Crippen LogP contribution in [0.5, 0.6) is 5.75 Å². The molecule has 0 saturated carbocycles. The largest absolute Gasteiger partial charge is 0.497 e. The van der Waals surface area contributed by atoms with E-state index in [1.165, 1.54) is 12.1 Å². The molecule has 6 heteroatoms. The molecule has 3 aromatic rings. The summed E-state index contributed by atoms with van der Waals surface area (Å²) < 4.78 is 5.11. The molecule has 0 heterocycles. The number of urea groups is 1. The molecule has 3 aromatic carbocycles. The number of rotatable bonds is 7. The number of aryl methyl sites for hydroxylation is 1. The summed E-state index contributed by atoms with van der Waals surface area (Å²) >= 11 is 0. The molecule has 0 saturated heterocycles. The van der Waals surface area contributed by atoms with E-state index in [2.05, 4.69) is 10.6 Å². The van der Waals surface area contributed by atoms with Gasteiger partial charge in [-0.15, -0.1) is 0 Å². The minimum Gasteiger partial charge on any atom is -0.497 e. The van der Waals surface area contributed by atoms with Gasteiger partial charge < -0.3 is 10.1 Å². The van der Waals surface area contributed by atoms with Gasteiger partial charge >= 0.3 is 6.03 Å². The van der Waals surface area contributed by atoms with Gasteiger partial charge in [0.15, 0.2) is 5.78 Å². The second kappa shape index (κ2) is 10.2. The number of hydrogen-bond acceptors (Lipinski definition) is 4. The lowest BCUT2D eigenvalue weighted by Crippen LogP contribution is -2.40. The van der Waals surface area contributed by atoms with Crippen molar-refractivity contribution in [2.24, 2.45) is 0 Å². The maximum Gasteiger partial charge on any atom is 0.321 e. The number of nitrogens with one attached hydrogen (secondary N) is 2. The Balaban J connectivity index is 1.51. The summed E-state index contributed by atoms with van der Waals surface area (Å²) in [6.07, 6.45) is 0.626. The van der Waals surface area contributed by atoms with E-state index in [-0.39, 0.29) is 5.78 Å². The molecular weight excluding hydrogens is 392 g/mol. The number of carbonyl (C=O) groups excluding carboxylic acids is 3. The highest BCUT2D eigenvalue weighted by atomic mass is 16.5. The first-order chi connectivity index (χ1) is 15.0. The normalized spacial score (nSPS) is 10.3. The Labute approximate surface area is 181 Å². The van der Waals surface area contributed by atoms with E-state index in [1.807, 2.05) is 49.4 Å². The lowest BCUT2D eigenvalue weighted by molar-refractivity contribution is 0.0962. The fraction of sp³-hybridized carbons (Fsp3) is 0.160. The van der Waals surface area contributed by atoms with Crippen molar-refractivity contribution in [3.63, 3.8) is 0 Å². The van der Waals surface area contributed by atoms with Crippen molar-refractivity contribution >= 4 is 17.7 Å². The van der Waals surface area contributed by atoms with E-state index in [0.717, 1.165) is 16.9 Å². The van der Waals surface area contributed by atoms with Gasteiger partial charge in [0.1, 0.15) is 5.75 Å². The standard InChI is InChI=1S/C25H24N2O4/c1-17-5-3-4-6-22(17)23(28)19-9-11-20(12-10-19)24(29)27-25(30)26-16-15-18-7-13-21(31-2)14-8-18/h3-14H,15-16H2,1-2H3,(H2,26,27,29,30). The molecule has 0 radical (unpaired) electrons. The van der Waals surface area contributed by atoms with Crippen LogP contribution < -0.4 is 15.4 Å². The van der Waals surface area contributed by atoms with E-state index < -0.39 is 11.9 Å². The average molecular weight is 416 g/mol. The van der Waals surface area contributed by atoms with E-state index >= 15 is 0 Å². The van der Waals surface area contributed by atoms with Crippen molar-refractivity contribution < 1.29 is 19.1 Å². The molecule has 3 amide bonds. The highest BCUT2D eigenvalue weighted by Gasteiger charge is 2.14. The monoisotopic (exact) mass is 416 g/mol. The predicted octanol–water partition coefficient (Wildman–Crippen LogP) is 3.92. The third-order valence-corrected chi connectivity index (χ3v) is 4.88. The Hall–Kier alpha value is -3.93. The number of imide groups is 1. The molecule has 2 N–H and O–H groups in total. The number of ketones is 1.